The molecule has 1 aliphatic heterocycles. The van der Waals surface area contributed by atoms with Gasteiger partial charge >= 0.3 is 0 Å². The third kappa shape index (κ3) is 5.42. The Morgan fingerprint density at radius 3 is 2.21 bits per heavy atom. The molecule has 2 N–H and O–H groups in total. The maximum absolute atomic E-state index is 12.7. The molecular formula is C23H29N3O2. The van der Waals surface area contributed by atoms with E-state index >= 15 is 0 Å². The molecule has 0 saturated carbocycles. The van der Waals surface area contributed by atoms with E-state index in [2.05, 4.69) is 15.5 Å². The SMILES string of the molecule is CC[C@H](C(=O)Nc1ccccc1)N1CCC(C(=O)NCc2ccccc2)CC1. The highest BCUT2D eigenvalue weighted by Gasteiger charge is 2.31. The van der Waals surface area contributed by atoms with Gasteiger partial charge in [-0.05, 0) is 50.0 Å². The topological polar surface area (TPSA) is 61.4 Å². The zero-order valence-electron chi connectivity index (χ0n) is 16.4. The van der Waals surface area contributed by atoms with Crippen LogP contribution in [0.1, 0.15) is 31.7 Å². The summed E-state index contributed by atoms with van der Waals surface area (Å²) < 4.78 is 0. The van der Waals surface area contributed by atoms with E-state index < -0.39 is 0 Å². The number of anilines is 1. The molecule has 0 aromatic heterocycles. The van der Waals surface area contributed by atoms with Crippen molar-refractivity contribution in [3.63, 3.8) is 0 Å². The molecule has 148 valence electrons. The van der Waals surface area contributed by atoms with Crippen molar-refractivity contribution in [3.05, 3.63) is 66.2 Å². The fraction of sp³-hybridized carbons (Fsp3) is 0.391. The first-order valence-electron chi connectivity index (χ1n) is 10.1. The number of carbonyl (C=O) groups is 2. The largest absolute Gasteiger partial charge is 0.352 e. The van der Waals surface area contributed by atoms with Crippen LogP contribution in [0.25, 0.3) is 0 Å². The fourth-order valence-corrected chi connectivity index (χ4v) is 3.76. The van der Waals surface area contributed by atoms with Crippen LogP contribution in [0, 0.1) is 5.92 Å². The van der Waals surface area contributed by atoms with Crippen molar-refractivity contribution in [1.29, 1.82) is 0 Å². The summed E-state index contributed by atoms with van der Waals surface area (Å²) in [5.41, 5.74) is 1.93. The lowest BCUT2D eigenvalue weighted by Crippen LogP contribution is -2.49. The summed E-state index contributed by atoms with van der Waals surface area (Å²) in [6, 6.07) is 19.3. The molecule has 3 rings (SSSR count). The minimum atomic E-state index is -0.159. The number of rotatable bonds is 7. The lowest BCUT2D eigenvalue weighted by atomic mass is 9.94. The highest BCUT2D eigenvalue weighted by Crippen LogP contribution is 2.21. The minimum Gasteiger partial charge on any atom is -0.352 e. The standard InChI is InChI=1S/C23H29N3O2/c1-2-21(23(28)25-20-11-7-4-8-12-20)26-15-13-19(14-16-26)22(27)24-17-18-9-5-3-6-10-18/h3-12,19,21H,2,13-17H2,1H3,(H,24,27)(H,25,28)/t21-/m1/s1. The van der Waals surface area contributed by atoms with Crippen molar-refractivity contribution in [2.45, 2.75) is 38.8 Å². The fourth-order valence-electron chi connectivity index (χ4n) is 3.76. The predicted molar refractivity (Wildman–Crippen MR) is 112 cm³/mol. The number of benzene rings is 2. The second-order valence-corrected chi connectivity index (χ2v) is 7.29. The molecule has 0 radical (unpaired) electrons. The van der Waals surface area contributed by atoms with Crippen molar-refractivity contribution in [1.82, 2.24) is 10.2 Å². The average molecular weight is 380 g/mol. The van der Waals surface area contributed by atoms with E-state index in [4.69, 9.17) is 0 Å². The summed E-state index contributed by atoms with van der Waals surface area (Å²) in [5, 5.41) is 6.05. The van der Waals surface area contributed by atoms with Crippen LogP contribution < -0.4 is 10.6 Å². The normalized spacial score (nSPS) is 16.3. The molecule has 5 heteroatoms. The van der Waals surface area contributed by atoms with Crippen molar-refractivity contribution >= 4 is 17.5 Å². The van der Waals surface area contributed by atoms with E-state index in [1.807, 2.05) is 67.6 Å². The molecule has 2 aromatic carbocycles. The maximum atomic E-state index is 12.7. The van der Waals surface area contributed by atoms with Gasteiger partial charge in [0.1, 0.15) is 0 Å². The summed E-state index contributed by atoms with van der Waals surface area (Å²) in [5.74, 6) is 0.167. The number of para-hydroxylation sites is 1. The Morgan fingerprint density at radius 1 is 1.00 bits per heavy atom. The molecule has 0 spiro atoms. The van der Waals surface area contributed by atoms with Gasteiger partial charge in [0, 0.05) is 18.2 Å². The van der Waals surface area contributed by atoms with E-state index in [1.54, 1.807) is 0 Å². The van der Waals surface area contributed by atoms with Crippen LogP contribution in [0.3, 0.4) is 0 Å². The third-order valence-electron chi connectivity index (χ3n) is 5.38. The van der Waals surface area contributed by atoms with Crippen LogP contribution in [-0.2, 0) is 16.1 Å². The Balaban J connectivity index is 1.47. The van der Waals surface area contributed by atoms with Gasteiger partial charge in [-0.3, -0.25) is 14.5 Å². The zero-order valence-corrected chi connectivity index (χ0v) is 16.4. The Hall–Kier alpha value is -2.66. The van der Waals surface area contributed by atoms with Crippen LogP contribution in [0.2, 0.25) is 0 Å². The summed E-state index contributed by atoms with van der Waals surface area (Å²) >= 11 is 0. The number of hydrogen-bond donors (Lipinski definition) is 2. The number of amides is 2. The van der Waals surface area contributed by atoms with Crippen LogP contribution in [0.15, 0.2) is 60.7 Å². The highest BCUT2D eigenvalue weighted by atomic mass is 16.2. The molecule has 1 aliphatic rings. The average Bonchev–Trinajstić information content (AvgIpc) is 2.74. The summed E-state index contributed by atoms with van der Waals surface area (Å²) in [6.07, 6.45) is 2.33. The summed E-state index contributed by atoms with van der Waals surface area (Å²) in [6.45, 7) is 4.14. The second kappa shape index (κ2) is 10.0. The van der Waals surface area contributed by atoms with Gasteiger partial charge in [0.05, 0.1) is 6.04 Å². The van der Waals surface area contributed by atoms with E-state index in [-0.39, 0.29) is 23.8 Å². The van der Waals surface area contributed by atoms with E-state index in [0.717, 1.165) is 43.6 Å². The molecular weight excluding hydrogens is 350 g/mol. The van der Waals surface area contributed by atoms with E-state index in [1.165, 1.54) is 0 Å². The predicted octanol–water partition coefficient (Wildman–Crippen LogP) is 3.43. The van der Waals surface area contributed by atoms with Crippen molar-refractivity contribution in [3.8, 4) is 0 Å². The quantitative estimate of drug-likeness (QED) is 0.775. The van der Waals surface area contributed by atoms with Gasteiger partial charge in [-0.2, -0.15) is 0 Å². The molecule has 2 aromatic rings. The number of piperidine rings is 1. The first kappa shape index (κ1) is 20.1. The van der Waals surface area contributed by atoms with Gasteiger partial charge in [-0.1, -0.05) is 55.5 Å². The smallest absolute Gasteiger partial charge is 0.241 e. The summed E-state index contributed by atoms with van der Waals surface area (Å²) in [7, 11) is 0. The lowest BCUT2D eigenvalue weighted by molar-refractivity contribution is -0.127. The van der Waals surface area contributed by atoms with Gasteiger partial charge in [0.25, 0.3) is 0 Å². The van der Waals surface area contributed by atoms with E-state index in [0.29, 0.717) is 6.54 Å². The lowest BCUT2D eigenvalue weighted by Gasteiger charge is -2.36. The zero-order chi connectivity index (χ0) is 19.8. The van der Waals surface area contributed by atoms with Crippen molar-refractivity contribution in [2.75, 3.05) is 18.4 Å². The van der Waals surface area contributed by atoms with Crippen LogP contribution in [0.5, 0.6) is 0 Å². The molecule has 1 heterocycles. The number of nitrogens with zero attached hydrogens (tertiary/aromatic N) is 1. The number of nitrogens with one attached hydrogen (secondary N) is 2. The number of likely N-dealkylation sites (tertiary alicyclic amines) is 1. The monoisotopic (exact) mass is 379 g/mol. The highest BCUT2D eigenvalue weighted by molar-refractivity contribution is 5.94. The molecule has 5 nitrogen and oxygen atoms in total. The van der Waals surface area contributed by atoms with Gasteiger partial charge in [-0.15, -0.1) is 0 Å². The van der Waals surface area contributed by atoms with Gasteiger partial charge in [-0.25, -0.2) is 0 Å². The van der Waals surface area contributed by atoms with Gasteiger partial charge in [0.2, 0.25) is 11.8 Å². The number of carbonyl (C=O) groups excluding carboxylic acids is 2. The molecule has 1 fully saturated rings. The molecule has 28 heavy (non-hydrogen) atoms. The number of hydrogen-bond acceptors (Lipinski definition) is 3. The van der Waals surface area contributed by atoms with Crippen LogP contribution in [0.4, 0.5) is 5.69 Å². The molecule has 2 amide bonds. The Kier molecular flexibility index (Phi) is 7.20. The molecule has 1 saturated heterocycles. The molecule has 0 bridgehead atoms. The third-order valence-corrected chi connectivity index (χ3v) is 5.38. The van der Waals surface area contributed by atoms with Crippen LogP contribution in [-0.4, -0.2) is 35.8 Å². The summed E-state index contributed by atoms with van der Waals surface area (Å²) in [4.78, 5) is 27.4. The van der Waals surface area contributed by atoms with Crippen molar-refractivity contribution < 1.29 is 9.59 Å². The molecule has 0 aliphatic carbocycles. The van der Waals surface area contributed by atoms with Gasteiger partial charge < -0.3 is 10.6 Å². The Morgan fingerprint density at radius 2 is 1.61 bits per heavy atom. The molecule has 0 unspecified atom stereocenters. The van der Waals surface area contributed by atoms with Gasteiger partial charge in [0.15, 0.2) is 0 Å². The minimum absolute atomic E-state index is 0.0228. The van der Waals surface area contributed by atoms with Crippen LogP contribution >= 0.6 is 0 Å². The molecule has 1 atom stereocenters. The first-order chi connectivity index (χ1) is 13.7. The maximum Gasteiger partial charge on any atom is 0.241 e. The first-order valence-corrected chi connectivity index (χ1v) is 10.1. The Labute approximate surface area is 167 Å². The van der Waals surface area contributed by atoms with E-state index in [9.17, 15) is 9.59 Å². The Bertz CT molecular complexity index is 756. The van der Waals surface area contributed by atoms with Crippen molar-refractivity contribution in [2.24, 2.45) is 5.92 Å². The second-order valence-electron chi connectivity index (χ2n) is 7.29.